The van der Waals surface area contributed by atoms with Crippen LogP contribution >= 0.6 is 0 Å². The third-order valence-corrected chi connectivity index (χ3v) is 2.07. The van der Waals surface area contributed by atoms with E-state index in [-0.39, 0.29) is 5.91 Å². The molecule has 1 rings (SSSR count). The molecule has 0 fully saturated rings. The number of amides is 1. The van der Waals surface area contributed by atoms with E-state index in [1.54, 1.807) is 32.2 Å². The number of rotatable bonds is 5. The lowest BCUT2D eigenvalue weighted by atomic mass is 10.3. The first-order valence-corrected chi connectivity index (χ1v) is 5.04. The number of pyridine rings is 1. The summed E-state index contributed by atoms with van der Waals surface area (Å²) in [6.45, 7) is 0.864. The second kappa shape index (κ2) is 6.07. The van der Waals surface area contributed by atoms with Crippen molar-refractivity contribution >= 4 is 5.91 Å². The van der Waals surface area contributed by atoms with Gasteiger partial charge in [0.15, 0.2) is 0 Å². The molecule has 0 spiro atoms. The number of nitrogens with one attached hydrogen (secondary N) is 1. The van der Waals surface area contributed by atoms with Gasteiger partial charge >= 0.3 is 0 Å². The van der Waals surface area contributed by atoms with E-state index >= 15 is 0 Å². The number of carbonyl (C=O) groups excluding carboxylic acids is 1. The van der Waals surface area contributed by atoms with E-state index in [0.29, 0.717) is 19.0 Å². The number of hydrogen-bond donors (Lipinski definition) is 1. The Morgan fingerprint density at radius 1 is 1.50 bits per heavy atom. The Kier molecular flexibility index (Phi) is 4.72. The van der Waals surface area contributed by atoms with Crippen LogP contribution in [0.15, 0.2) is 18.2 Å². The molecule has 0 aliphatic carbocycles. The highest BCUT2D eigenvalue weighted by Gasteiger charge is 2.03. The predicted molar refractivity (Wildman–Crippen MR) is 61.2 cm³/mol. The van der Waals surface area contributed by atoms with Crippen molar-refractivity contribution in [2.45, 2.75) is 6.54 Å². The molecule has 88 valence electrons. The maximum absolute atomic E-state index is 11.3. The first-order valence-electron chi connectivity index (χ1n) is 5.04. The molecule has 0 unspecified atom stereocenters. The Morgan fingerprint density at radius 2 is 2.25 bits per heavy atom. The Balaban J connectivity index is 2.40. The van der Waals surface area contributed by atoms with Crippen molar-refractivity contribution in [1.82, 2.24) is 15.2 Å². The number of likely N-dealkylation sites (N-methyl/N-ethyl adjacent to an activating group) is 1. The predicted octanol–water partition coefficient (Wildman–Crippen LogP) is 0.268. The van der Waals surface area contributed by atoms with Crippen molar-refractivity contribution < 1.29 is 9.53 Å². The van der Waals surface area contributed by atoms with Crippen LogP contribution in [-0.4, -0.2) is 43.5 Å². The van der Waals surface area contributed by atoms with E-state index in [1.807, 2.05) is 12.1 Å². The molecule has 0 radical (unpaired) electrons. The zero-order valence-electron chi connectivity index (χ0n) is 9.86. The fourth-order valence-corrected chi connectivity index (χ4v) is 1.13. The standard InChI is InChI=1S/C11H17N3O2/c1-14(2)11(15)8-12-7-9-5-4-6-10(13-9)16-3/h4-6,12H,7-8H2,1-3H3. The molecule has 5 heteroatoms. The van der Waals surface area contributed by atoms with Crippen LogP contribution in [0, 0.1) is 0 Å². The van der Waals surface area contributed by atoms with Gasteiger partial charge in [0.2, 0.25) is 11.8 Å². The van der Waals surface area contributed by atoms with Crippen molar-refractivity contribution in [3.8, 4) is 5.88 Å². The van der Waals surface area contributed by atoms with E-state index in [0.717, 1.165) is 5.69 Å². The monoisotopic (exact) mass is 223 g/mol. The van der Waals surface area contributed by atoms with Crippen molar-refractivity contribution in [3.63, 3.8) is 0 Å². The van der Waals surface area contributed by atoms with Gasteiger partial charge in [0.1, 0.15) is 0 Å². The van der Waals surface area contributed by atoms with Crippen LogP contribution < -0.4 is 10.1 Å². The number of carbonyl (C=O) groups is 1. The number of hydrogen-bond acceptors (Lipinski definition) is 4. The number of nitrogens with zero attached hydrogens (tertiary/aromatic N) is 2. The number of ether oxygens (including phenoxy) is 1. The van der Waals surface area contributed by atoms with Crippen molar-refractivity contribution in [3.05, 3.63) is 23.9 Å². The number of aromatic nitrogens is 1. The maximum Gasteiger partial charge on any atom is 0.236 e. The topological polar surface area (TPSA) is 54.5 Å². The lowest BCUT2D eigenvalue weighted by Crippen LogP contribution is -2.32. The first-order chi connectivity index (χ1) is 7.63. The SMILES string of the molecule is COc1cccc(CNCC(=O)N(C)C)n1. The van der Waals surface area contributed by atoms with Gasteiger partial charge in [-0.15, -0.1) is 0 Å². The Morgan fingerprint density at radius 3 is 2.88 bits per heavy atom. The molecule has 0 aromatic carbocycles. The van der Waals surface area contributed by atoms with E-state index in [9.17, 15) is 4.79 Å². The Hall–Kier alpha value is -1.62. The van der Waals surface area contributed by atoms with Gasteiger partial charge in [0.05, 0.1) is 19.3 Å². The smallest absolute Gasteiger partial charge is 0.236 e. The van der Waals surface area contributed by atoms with Crippen LogP contribution in [0.2, 0.25) is 0 Å². The average molecular weight is 223 g/mol. The van der Waals surface area contributed by atoms with E-state index in [4.69, 9.17) is 4.74 Å². The van der Waals surface area contributed by atoms with Crippen LogP contribution in [0.25, 0.3) is 0 Å². The van der Waals surface area contributed by atoms with E-state index in [1.165, 1.54) is 0 Å². The molecule has 1 N–H and O–H groups in total. The van der Waals surface area contributed by atoms with Crippen LogP contribution in [0.5, 0.6) is 5.88 Å². The van der Waals surface area contributed by atoms with Gasteiger partial charge in [-0.25, -0.2) is 4.98 Å². The Bertz CT molecular complexity index is 353. The van der Waals surface area contributed by atoms with Crippen LogP contribution in [0.3, 0.4) is 0 Å². The van der Waals surface area contributed by atoms with Gasteiger partial charge in [0.25, 0.3) is 0 Å². The molecule has 1 aromatic rings. The van der Waals surface area contributed by atoms with Gasteiger partial charge < -0.3 is 15.0 Å². The molecule has 0 aliphatic heterocycles. The fourth-order valence-electron chi connectivity index (χ4n) is 1.13. The van der Waals surface area contributed by atoms with Crippen molar-refractivity contribution in [1.29, 1.82) is 0 Å². The highest BCUT2D eigenvalue weighted by molar-refractivity contribution is 5.77. The summed E-state index contributed by atoms with van der Waals surface area (Å²) in [5.41, 5.74) is 0.853. The second-order valence-corrected chi connectivity index (χ2v) is 3.56. The molecule has 5 nitrogen and oxygen atoms in total. The summed E-state index contributed by atoms with van der Waals surface area (Å²) < 4.78 is 5.01. The third-order valence-electron chi connectivity index (χ3n) is 2.07. The molecule has 1 heterocycles. The first kappa shape index (κ1) is 12.4. The van der Waals surface area contributed by atoms with Gasteiger partial charge in [-0.3, -0.25) is 4.79 Å². The Labute approximate surface area is 95.4 Å². The molecule has 0 bridgehead atoms. The lowest BCUT2D eigenvalue weighted by molar-refractivity contribution is -0.127. The summed E-state index contributed by atoms with van der Waals surface area (Å²) in [5.74, 6) is 0.626. The molecular weight excluding hydrogens is 206 g/mol. The van der Waals surface area contributed by atoms with Gasteiger partial charge in [-0.2, -0.15) is 0 Å². The minimum atomic E-state index is 0.0443. The highest BCUT2D eigenvalue weighted by atomic mass is 16.5. The van der Waals surface area contributed by atoms with Crippen LogP contribution in [-0.2, 0) is 11.3 Å². The summed E-state index contributed by atoms with van der Waals surface area (Å²) in [5, 5.41) is 3.02. The number of methoxy groups -OCH3 is 1. The van der Waals surface area contributed by atoms with E-state index < -0.39 is 0 Å². The average Bonchev–Trinajstić information content (AvgIpc) is 2.29. The molecule has 0 saturated heterocycles. The van der Waals surface area contributed by atoms with Gasteiger partial charge in [-0.1, -0.05) is 6.07 Å². The normalized spacial score (nSPS) is 9.94. The quantitative estimate of drug-likeness (QED) is 0.778. The minimum absolute atomic E-state index is 0.0443. The molecule has 0 saturated carbocycles. The zero-order valence-corrected chi connectivity index (χ0v) is 9.86. The van der Waals surface area contributed by atoms with E-state index in [2.05, 4.69) is 10.3 Å². The second-order valence-electron chi connectivity index (χ2n) is 3.56. The summed E-state index contributed by atoms with van der Waals surface area (Å²) in [6.07, 6.45) is 0. The summed E-state index contributed by atoms with van der Waals surface area (Å²) in [4.78, 5) is 17.0. The zero-order chi connectivity index (χ0) is 12.0. The molecule has 1 amide bonds. The molecule has 0 atom stereocenters. The van der Waals surface area contributed by atoms with Crippen molar-refractivity contribution in [2.24, 2.45) is 0 Å². The molecule has 1 aromatic heterocycles. The lowest BCUT2D eigenvalue weighted by Gasteiger charge is -2.10. The summed E-state index contributed by atoms with van der Waals surface area (Å²) in [7, 11) is 5.04. The third kappa shape index (κ3) is 3.86. The van der Waals surface area contributed by atoms with Crippen LogP contribution in [0.1, 0.15) is 5.69 Å². The highest BCUT2D eigenvalue weighted by Crippen LogP contribution is 2.05. The van der Waals surface area contributed by atoms with Crippen LogP contribution in [0.4, 0.5) is 0 Å². The molecular formula is C11H17N3O2. The molecule has 0 aliphatic rings. The van der Waals surface area contributed by atoms with Crippen molar-refractivity contribution in [2.75, 3.05) is 27.7 Å². The van der Waals surface area contributed by atoms with Gasteiger partial charge in [-0.05, 0) is 6.07 Å². The fraction of sp³-hybridized carbons (Fsp3) is 0.455. The summed E-state index contributed by atoms with van der Waals surface area (Å²) in [6, 6.07) is 5.54. The maximum atomic E-state index is 11.3. The summed E-state index contributed by atoms with van der Waals surface area (Å²) >= 11 is 0. The largest absolute Gasteiger partial charge is 0.481 e. The molecule has 16 heavy (non-hydrogen) atoms. The van der Waals surface area contributed by atoms with Gasteiger partial charge in [0, 0.05) is 26.7 Å². The minimum Gasteiger partial charge on any atom is -0.481 e.